The molecule has 0 saturated carbocycles. The first kappa shape index (κ1) is 21.3. The van der Waals surface area contributed by atoms with Gasteiger partial charge >= 0.3 is 6.18 Å². The van der Waals surface area contributed by atoms with Gasteiger partial charge in [-0.2, -0.15) is 22.6 Å². The first-order valence-electron chi connectivity index (χ1n) is 9.00. The van der Waals surface area contributed by atoms with E-state index >= 15 is 0 Å². The monoisotopic (exact) mass is 430 g/mol. The molecule has 29 heavy (non-hydrogen) atoms. The molecule has 1 amide bonds. The Kier molecular flexibility index (Phi) is 5.99. The molecule has 2 heterocycles. The number of carbonyl (C=O) groups is 1. The number of aromatic nitrogens is 2. The van der Waals surface area contributed by atoms with E-state index in [0.717, 1.165) is 12.1 Å². The smallest absolute Gasteiger partial charge is 0.341 e. The van der Waals surface area contributed by atoms with Crippen molar-refractivity contribution >= 4 is 15.9 Å². The molecule has 1 aromatic heterocycles. The minimum atomic E-state index is -4.47. The highest BCUT2D eigenvalue weighted by Crippen LogP contribution is 2.29. The van der Waals surface area contributed by atoms with E-state index < -0.39 is 21.8 Å². The lowest BCUT2D eigenvalue weighted by Gasteiger charge is -2.22. The number of nitrogens with zero attached hydrogens (tertiary/aromatic N) is 4. The van der Waals surface area contributed by atoms with Crippen molar-refractivity contribution in [3.63, 3.8) is 0 Å². The lowest BCUT2D eigenvalue weighted by atomic mass is 10.1. The molecule has 0 radical (unpaired) electrons. The van der Waals surface area contributed by atoms with Crippen molar-refractivity contribution in [1.29, 1.82) is 0 Å². The molecule has 7 nitrogen and oxygen atoms in total. The number of hydrogen-bond acceptors (Lipinski definition) is 4. The number of hydrogen-bond donors (Lipinski definition) is 0. The summed E-state index contributed by atoms with van der Waals surface area (Å²) in [6.45, 7) is 0.893. The van der Waals surface area contributed by atoms with Gasteiger partial charge in [0.05, 0.1) is 18.2 Å². The number of alkyl halides is 3. The summed E-state index contributed by atoms with van der Waals surface area (Å²) in [6.07, 6.45) is -1.51. The summed E-state index contributed by atoms with van der Waals surface area (Å²) in [5.74, 6) is -0.329. The van der Waals surface area contributed by atoms with E-state index in [0.29, 0.717) is 13.0 Å². The summed E-state index contributed by atoms with van der Waals surface area (Å²) < 4.78 is 66.7. The van der Waals surface area contributed by atoms with Crippen molar-refractivity contribution in [2.45, 2.75) is 23.9 Å². The summed E-state index contributed by atoms with van der Waals surface area (Å²) in [7, 11) is -2.09. The number of halogens is 3. The van der Waals surface area contributed by atoms with E-state index in [1.165, 1.54) is 38.4 Å². The largest absolute Gasteiger partial charge is 0.416 e. The van der Waals surface area contributed by atoms with Crippen LogP contribution < -0.4 is 0 Å². The third kappa shape index (κ3) is 4.96. The molecule has 2 aromatic rings. The summed E-state index contributed by atoms with van der Waals surface area (Å²) >= 11 is 0. The standard InChI is InChI=1S/C18H21F3N4O3S/c1-23-13-16(12-22-23)29(27,28)25-7-3-6-24(8-9-25)17(26)11-14-4-2-5-15(10-14)18(19,20)21/h2,4-5,10,12-13H,3,6-9,11H2,1H3. The summed E-state index contributed by atoms with van der Waals surface area (Å²) in [4.78, 5) is 14.2. The molecule has 0 N–H and O–H groups in total. The number of sulfonamides is 1. The number of carbonyl (C=O) groups excluding carboxylic acids is 1. The van der Waals surface area contributed by atoms with Gasteiger partial charge in [-0.1, -0.05) is 18.2 Å². The molecule has 1 aliphatic rings. The minimum absolute atomic E-state index is 0.0868. The van der Waals surface area contributed by atoms with E-state index in [4.69, 9.17) is 0 Å². The Labute approximate surface area is 166 Å². The predicted octanol–water partition coefficient (Wildman–Crippen LogP) is 1.90. The predicted molar refractivity (Wildman–Crippen MR) is 98.3 cm³/mol. The van der Waals surface area contributed by atoms with Crippen LogP contribution in [0.3, 0.4) is 0 Å². The van der Waals surface area contributed by atoms with Gasteiger partial charge in [0, 0.05) is 39.4 Å². The van der Waals surface area contributed by atoms with Gasteiger partial charge < -0.3 is 4.90 Å². The molecule has 3 rings (SSSR count). The maximum Gasteiger partial charge on any atom is 0.416 e. The van der Waals surface area contributed by atoms with Crippen LogP contribution in [0.4, 0.5) is 13.2 Å². The molecule has 0 spiro atoms. The summed E-state index contributed by atoms with van der Waals surface area (Å²) in [5.41, 5.74) is -0.527. The molecular weight excluding hydrogens is 409 g/mol. The van der Waals surface area contributed by atoms with Crippen molar-refractivity contribution in [2.24, 2.45) is 7.05 Å². The number of amides is 1. The average Bonchev–Trinajstić information content (AvgIpc) is 2.94. The second kappa shape index (κ2) is 8.15. The fourth-order valence-corrected chi connectivity index (χ4v) is 4.66. The fourth-order valence-electron chi connectivity index (χ4n) is 3.21. The Balaban J connectivity index is 1.66. The molecular formula is C18H21F3N4O3S. The summed E-state index contributed by atoms with van der Waals surface area (Å²) in [6, 6.07) is 4.68. The van der Waals surface area contributed by atoms with Gasteiger partial charge in [0.25, 0.3) is 0 Å². The van der Waals surface area contributed by atoms with Gasteiger partial charge in [-0.25, -0.2) is 8.42 Å². The molecule has 1 saturated heterocycles. The van der Waals surface area contributed by atoms with Crippen LogP contribution in [0.25, 0.3) is 0 Å². The molecule has 1 aliphatic heterocycles. The van der Waals surface area contributed by atoms with Crippen LogP contribution in [0.2, 0.25) is 0 Å². The summed E-state index contributed by atoms with van der Waals surface area (Å²) in [5, 5.41) is 3.88. The van der Waals surface area contributed by atoms with Crippen LogP contribution >= 0.6 is 0 Å². The molecule has 1 fully saturated rings. The number of rotatable bonds is 4. The first-order chi connectivity index (χ1) is 13.6. The third-order valence-electron chi connectivity index (χ3n) is 4.74. The van der Waals surface area contributed by atoms with Crippen LogP contribution in [0.15, 0.2) is 41.6 Å². The average molecular weight is 430 g/mol. The van der Waals surface area contributed by atoms with Crippen LogP contribution in [0.5, 0.6) is 0 Å². The minimum Gasteiger partial charge on any atom is -0.341 e. The van der Waals surface area contributed by atoms with Crippen LogP contribution in [0.1, 0.15) is 17.5 Å². The molecule has 0 atom stereocenters. The van der Waals surface area contributed by atoms with Gasteiger partial charge in [-0.3, -0.25) is 9.48 Å². The van der Waals surface area contributed by atoms with Gasteiger partial charge in [0.2, 0.25) is 15.9 Å². The normalized spacial score (nSPS) is 16.6. The van der Waals surface area contributed by atoms with Crippen LogP contribution in [0, 0.1) is 0 Å². The molecule has 1 aromatic carbocycles. The Morgan fingerprint density at radius 3 is 2.59 bits per heavy atom. The van der Waals surface area contributed by atoms with Gasteiger partial charge in [0.1, 0.15) is 4.90 Å². The molecule has 11 heteroatoms. The lowest BCUT2D eigenvalue weighted by Crippen LogP contribution is -2.37. The van der Waals surface area contributed by atoms with Crippen molar-refractivity contribution < 1.29 is 26.4 Å². The topological polar surface area (TPSA) is 75.5 Å². The van der Waals surface area contributed by atoms with Crippen molar-refractivity contribution in [3.8, 4) is 0 Å². The Bertz CT molecular complexity index is 988. The second-order valence-corrected chi connectivity index (χ2v) is 8.80. The van der Waals surface area contributed by atoms with Gasteiger partial charge in [-0.05, 0) is 18.1 Å². The quantitative estimate of drug-likeness (QED) is 0.743. The highest BCUT2D eigenvalue weighted by molar-refractivity contribution is 7.89. The van der Waals surface area contributed by atoms with Gasteiger partial charge in [0.15, 0.2) is 0 Å². The second-order valence-electron chi connectivity index (χ2n) is 6.86. The van der Waals surface area contributed by atoms with E-state index in [2.05, 4.69) is 5.10 Å². The zero-order valence-corrected chi connectivity index (χ0v) is 16.6. The zero-order valence-electron chi connectivity index (χ0n) is 15.8. The van der Waals surface area contributed by atoms with Gasteiger partial charge in [-0.15, -0.1) is 0 Å². The first-order valence-corrected chi connectivity index (χ1v) is 10.4. The number of aryl methyl sites for hydroxylation is 1. The van der Waals surface area contributed by atoms with E-state index in [-0.39, 0.29) is 42.4 Å². The highest BCUT2D eigenvalue weighted by atomic mass is 32.2. The van der Waals surface area contributed by atoms with Crippen molar-refractivity contribution in [3.05, 3.63) is 47.8 Å². The SMILES string of the molecule is Cn1cc(S(=O)(=O)N2CCCN(C(=O)Cc3cccc(C(F)(F)F)c3)CC2)cn1. The maximum absolute atomic E-state index is 12.8. The number of benzene rings is 1. The van der Waals surface area contributed by atoms with Crippen LogP contribution in [-0.4, -0.2) is 59.5 Å². The van der Waals surface area contributed by atoms with Crippen LogP contribution in [-0.2, 0) is 34.5 Å². The van der Waals surface area contributed by atoms with E-state index in [9.17, 15) is 26.4 Å². The van der Waals surface area contributed by atoms with Crippen molar-refractivity contribution in [1.82, 2.24) is 19.0 Å². The third-order valence-corrected chi connectivity index (χ3v) is 6.59. The molecule has 0 unspecified atom stereocenters. The van der Waals surface area contributed by atoms with E-state index in [1.807, 2.05) is 0 Å². The van der Waals surface area contributed by atoms with E-state index in [1.54, 1.807) is 7.05 Å². The Morgan fingerprint density at radius 2 is 1.93 bits per heavy atom. The maximum atomic E-state index is 12.8. The molecule has 158 valence electrons. The zero-order chi connectivity index (χ0) is 21.2. The fraction of sp³-hybridized carbons (Fsp3) is 0.444. The highest BCUT2D eigenvalue weighted by Gasteiger charge is 2.31. The lowest BCUT2D eigenvalue weighted by molar-refractivity contribution is -0.138. The Hall–Kier alpha value is -2.40. The van der Waals surface area contributed by atoms with Crippen molar-refractivity contribution in [2.75, 3.05) is 26.2 Å². The Morgan fingerprint density at radius 1 is 1.17 bits per heavy atom. The molecule has 0 bridgehead atoms. The molecule has 0 aliphatic carbocycles.